The lowest BCUT2D eigenvalue weighted by molar-refractivity contribution is -0.117. The van der Waals surface area contributed by atoms with Crippen molar-refractivity contribution in [2.75, 3.05) is 23.7 Å². The summed E-state index contributed by atoms with van der Waals surface area (Å²) in [6.07, 6.45) is 2.45. The van der Waals surface area contributed by atoms with Crippen molar-refractivity contribution < 1.29 is 18.4 Å². The van der Waals surface area contributed by atoms with E-state index in [1.165, 1.54) is 6.92 Å². The highest BCUT2D eigenvalue weighted by molar-refractivity contribution is 5.98. The van der Waals surface area contributed by atoms with Gasteiger partial charge in [-0.05, 0) is 37.8 Å². The van der Waals surface area contributed by atoms with E-state index in [9.17, 15) is 18.4 Å². The largest absolute Gasteiger partial charge is 0.324 e. The van der Waals surface area contributed by atoms with Gasteiger partial charge in [-0.2, -0.15) is 0 Å². The van der Waals surface area contributed by atoms with Gasteiger partial charge in [0.2, 0.25) is 11.8 Å². The van der Waals surface area contributed by atoms with Crippen LogP contribution >= 0.6 is 12.4 Å². The van der Waals surface area contributed by atoms with Crippen molar-refractivity contribution in [3.05, 3.63) is 23.8 Å². The van der Waals surface area contributed by atoms with Gasteiger partial charge in [-0.3, -0.25) is 9.59 Å². The van der Waals surface area contributed by atoms with Crippen LogP contribution in [-0.2, 0) is 9.59 Å². The molecule has 2 atom stereocenters. The van der Waals surface area contributed by atoms with E-state index in [2.05, 4.69) is 16.0 Å². The molecule has 1 aliphatic heterocycles. The number of rotatable bonds is 5. The second kappa shape index (κ2) is 9.68. The lowest BCUT2D eigenvalue weighted by atomic mass is 9.85. The molecule has 2 amide bonds. The maximum absolute atomic E-state index is 13.5. The normalized spacial score (nSPS) is 18.0. The fourth-order valence-electron chi connectivity index (χ4n) is 2.97. The predicted molar refractivity (Wildman–Crippen MR) is 95.9 cm³/mol. The minimum Gasteiger partial charge on any atom is -0.324 e. The molecule has 2 unspecified atom stereocenters. The van der Waals surface area contributed by atoms with E-state index in [4.69, 9.17) is 0 Å². The lowest BCUT2D eigenvalue weighted by Gasteiger charge is -2.28. The molecule has 0 spiro atoms. The number of benzene rings is 1. The number of nitrogens with one attached hydrogen (secondary N) is 3. The molecule has 1 aromatic rings. The molecule has 2 rings (SSSR count). The summed E-state index contributed by atoms with van der Waals surface area (Å²) in [5.41, 5.74) is 0.102. The highest BCUT2D eigenvalue weighted by Gasteiger charge is 2.22. The van der Waals surface area contributed by atoms with Gasteiger partial charge < -0.3 is 16.0 Å². The molecule has 0 aliphatic carbocycles. The number of piperidine rings is 1. The van der Waals surface area contributed by atoms with Gasteiger partial charge in [-0.25, -0.2) is 8.78 Å². The molecule has 0 radical (unpaired) electrons. The Hall–Kier alpha value is -1.73. The summed E-state index contributed by atoms with van der Waals surface area (Å²) in [6, 6.07) is 1.74. The summed E-state index contributed by atoms with van der Waals surface area (Å²) >= 11 is 0. The van der Waals surface area contributed by atoms with Gasteiger partial charge in [-0.1, -0.05) is 6.92 Å². The smallest absolute Gasteiger partial charge is 0.224 e. The number of anilines is 2. The van der Waals surface area contributed by atoms with Crippen molar-refractivity contribution >= 4 is 35.6 Å². The Morgan fingerprint density at radius 1 is 1.24 bits per heavy atom. The molecular weight excluding hydrogens is 352 g/mol. The molecule has 3 N–H and O–H groups in total. The maximum atomic E-state index is 13.5. The lowest BCUT2D eigenvalue weighted by Crippen LogP contribution is -2.34. The molecule has 0 saturated carbocycles. The molecule has 25 heavy (non-hydrogen) atoms. The van der Waals surface area contributed by atoms with Crippen molar-refractivity contribution in [1.29, 1.82) is 0 Å². The molecule has 0 aromatic heterocycles. The third-order valence-electron chi connectivity index (χ3n) is 4.29. The Kier molecular flexibility index (Phi) is 8.25. The highest BCUT2D eigenvalue weighted by Crippen LogP contribution is 2.27. The topological polar surface area (TPSA) is 70.2 Å². The number of halogens is 3. The van der Waals surface area contributed by atoms with Crippen LogP contribution in [0.25, 0.3) is 0 Å². The standard InChI is InChI=1S/C17H23F2N3O2.ClH/c1-10(12-4-3-5-20-9-12)6-17(24)22-16-8-14(19)13(18)7-15(16)21-11(2)23;/h7-8,10,12,20H,3-6,9H2,1-2H3,(H,21,23)(H,22,24);1H. The highest BCUT2D eigenvalue weighted by atomic mass is 35.5. The van der Waals surface area contributed by atoms with Crippen LogP contribution < -0.4 is 16.0 Å². The summed E-state index contributed by atoms with van der Waals surface area (Å²) in [6.45, 7) is 5.16. The van der Waals surface area contributed by atoms with Crippen LogP contribution in [0.4, 0.5) is 20.2 Å². The van der Waals surface area contributed by atoms with Crippen LogP contribution in [0.15, 0.2) is 12.1 Å². The molecule has 1 saturated heterocycles. The molecule has 5 nitrogen and oxygen atoms in total. The Balaban J connectivity index is 0.00000312. The van der Waals surface area contributed by atoms with Crippen molar-refractivity contribution in [1.82, 2.24) is 5.32 Å². The van der Waals surface area contributed by atoms with Gasteiger partial charge in [0.05, 0.1) is 11.4 Å². The SMILES string of the molecule is CC(=O)Nc1cc(F)c(F)cc1NC(=O)CC(C)C1CCCNC1.Cl. The molecule has 0 bridgehead atoms. The van der Waals surface area contributed by atoms with Crippen LogP contribution in [0.5, 0.6) is 0 Å². The van der Waals surface area contributed by atoms with Crippen molar-refractivity contribution in [2.24, 2.45) is 11.8 Å². The van der Waals surface area contributed by atoms with Gasteiger partial charge in [0.1, 0.15) is 0 Å². The Labute approximate surface area is 152 Å². The third kappa shape index (κ3) is 6.25. The quantitative estimate of drug-likeness (QED) is 0.739. The van der Waals surface area contributed by atoms with Crippen LogP contribution in [0.3, 0.4) is 0 Å². The minimum absolute atomic E-state index is 0. The minimum atomic E-state index is -1.08. The third-order valence-corrected chi connectivity index (χ3v) is 4.29. The first kappa shape index (κ1) is 21.3. The molecule has 1 aliphatic rings. The van der Waals surface area contributed by atoms with E-state index in [0.29, 0.717) is 5.92 Å². The first-order valence-electron chi connectivity index (χ1n) is 8.14. The number of carbonyl (C=O) groups is 2. The van der Waals surface area contributed by atoms with Gasteiger partial charge in [0.15, 0.2) is 11.6 Å². The van der Waals surface area contributed by atoms with Crippen LogP contribution in [0.2, 0.25) is 0 Å². The number of hydrogen-bond donors (Lipinski definition) is 3. The van der Waals surface area contributed by atoms with Gasteiger partial charge >= 0.3 is 0 Å². The van der Waals surface area contributed by atoms with E-state index in [-0.39, 0.29) is 42.0 Å². The van der Waals surface area contributed by atoms with Crippen LogP contribution in [-0.4, -0.2) is 24.9 Å². The summed E-state index contributed by atoms with van der Waals surface area (Å²) in [5.74, 6) is -2.29. The summed E-state index contributed by atoms with van der Waals surface area (Å²) in [7, 11) is 0. The van der Waals surface area contributed by atoms with E-state index >= 15 is 0 Å². The molecule has 1 heterocycles. The predicted octanol–water partition coefficient (Wildman–Crippen LogP) is 3.31. The van der Waals surface area contributed by atoms with E-state index in [0.717, 1.165) is 38.1 Å². The Bertz CT molecular complexity index is 622. The monoisotopic (exact) mass is 375 g/mol. The molecule has 1 fully saturated rings. The van der Waals surface area contributed by atoms with Gasteiger partial charge in [0, 0.05) is 25.5 Å². The van der Waals surface area contributed by atoms with Gasteiger partial charge in [-0.15, -0.1) is 12.4 Å². The second-order valence-corrected chi connectivity index (χ2v) is 6.33. The number of amides is 2. The van der Waals surface area contributed by atoms with Crippen molar-refractivity contribution in [3.8, 4) is 0 Å². The van der Waals surface area contributed by atoms with E-state index < -0.39 is 17.5 Å². The Morgan fingerprint density at radius 2 is 1.84 bits per heavy atom. The van der Waals surface area contributed by atoms with Crippen LogP contribution in [0, 0.1) is 23.5 Å². The molecule has 140 valence electrons. The van der Waals surface area contributed by atoms with Gasteiger partial charge in [0.25, 0.3) is 0 Å². The molecular formula is C17H24ClF2N3O2. The summed E-state index contributed by atoms with van der Waals surface area (Å²) in [5, 5.41) is 8.28. The summed E-state index contributed by atoms with van der Waals surface area (Å²) in [4.78, 5) is 23.4. The second-order valence-electron chi connectivity index (χ2n) is 6.33. The fourth-order valence-corrected chi connectivity index (χ4v) is 2.97. The zero-order chi connectivity index (χ0) is 17.7. The first-order chi connectivity index (χ1) is 11.4. The molecule has 1 aromatic carbocycles. The summed E-state index contributed by atoms with van der Waals surface area (Å²) < 4.78 is 26.8. The number of carbonyl (C=O) groups excluding carboxylic acids is 2. The maximum Gasteiger partial charge on any atom is 0.224 e. The number of hydrogen-bond acceptors (Lipinski definition) is 3. The fraction of sp³-hybridized carbons (Fsp3) is 0.529. The van der Waals surface area contributed by atoms with E-state index in [1.54, 1.807) is 0 Å². The van der Waals surface area contributed by atoms with Crippen molar-refractivity contribution in [3.63, 3.8) is 0 Å². The average molecular weight is 376 g/mol. The zero-order valence-electron chi connectivity index (χ0n) is 14.3. The van der Waals surface area contributed by atoms with E-state index in [1.807, 2.05) is 6.92 Å². The van der Waals surface area contributed by atoms with Crippen molar-refractivity contribution in [2.45, 2.75) is 33.1 Å². The average Bonchev–Trinajstić information content (AvgIpc) is 2.52. The Morgan fingerprint density at radius 3 is 2.36 bits per heavy atom. The molecule has 8 heteroatoms. The first-order valence-corrected chi connectivity index (χ1v) is 8.14. The zero-order valence-corrected chi connectivity index (χ0v) is 15.1. The van der Waals surface area contributed by atoms with Crippen LogP contribution in [0.1, 0.15) is 33.1 Å².